The van der Waals surface area contributed by atoms with E-state index in [1.165, 1.54) is 12.8 Å². The lowest BCUT2D eigenvalue weighted by molar-refractivity contribution is -0.116. The van der Waals surface area contributed by atoms with Crippen molar-refractivity contribution in [2.24, 2.45) is 5.73 Å². The molecule has 0 bridgehead atoms. The van der Waals surface area contributed by atoms with Crippen LogP contribution in [0.3, 0.4) is 0 Å². The lowest BCUT2D eigenvalue weighted by Crippen LogP contribution is -2.40. The molecule has 1 aliphatic carbocycles. The van der Waals surface area contributed by atoms with Crippen LogP contribution in [-0.2, 0) is 4.79 Å². The van der Waals surface area contributed by atoms with Gasteiger partial charge in [0.1, 0.15) is 5.82 Å². The van der Waals surface area contributed by atoms with Crippen molar-refractivity contribution in [2.75, 3.05) is 17.2 Å². The van der Waals surface area contributed by atoms with Crippen LogP contribution in [0.4, 0.5) is 11.5 Å². The maximum absolute atomic E-state index is 11.2. The first-order chi connectivity index (χ1) is 8.58. The Bertz CT molecular complexity index is 441. The van der Waals surface area contributed by atoms with Gasteiger partial charge in [-0.3, -0.25) is 4.79 Å². The number of carbonyl (C=O) groups excluding carboxylic acids is 1. The SMILES string of the molecule is Cc1cnc(N(CC(N)=O)C2CCCC2)cc1N. The van der Waals surface area contributed by atoms with Gasteiger partial charge in [0.25, 0.3) is 0 Å². The molecule has 0 radical (unpaired) electrons. The number of nitrogens with zero attached hydrogens (tertiary/aromatic N) is 2. The minimum atomic E-state index is -0.331. The third kappa shape index (κ3) is 2.72. The van der Waals surface area contributed by atoms with Crippen LogP contribution in [0.25, 0.3) is 0 Å². The molecule has 1 aromatic heterocycles. The Morgan fingerprint density at radius 1 is 1.50 bits per heavy atom. The fraction of sp³-hybridized carbons (Fsp3) is 0.538. The number of pyridine rings is 1. The Balaban J connectivity index is 2.26. The molecular weight excluding hydrogens is 228 g/mol. The fourth-order valence-corrected chi connectivity index (χ4v) is 2.47. The van der Waals surface area contributed by atoms with Crippen LogP contribution in [0, 0.1) is 6.92 Å². The smallest absolute Gasteiger partial charge is 0.237 e. The zero-order valence-electron chi connectivity index (χ0n) is 10.7. The van der Waals surface area contributed by atoms with E-state index in [-0.39, 0.29) is 12.5 Å². The molecule has 1 heterocycles. The molecule has 1 amide bonds. The summed E-state index contributed by atoms with van der Waals surface area (Å²) in [6.45, 7) is 2.13. The zero-order valence-corrected chi connectivity index (χ0v) is 10.7. The van der Waals surface area contributed by atoms with Crippen LogP contribution in [-0.4, -0.2) is 23.5 Å². The molecule has 1 aliphatic rings. The Hall–Kier alpha value is -1.78. The van der Waals surface area contributed by atoms with Gasteiger partial charge < -0.3 is 16.4 Å². The van der Waals surface area contributed by atoms with Crippen molar-refractivity contribution in [1.82, 2.24) is 4.98 Å². The molecular formula is C13H20N4O. The third-order valence-corrected chi connectivity index (χ3v) is 3.52. The van der Waals surface area contributed by atoms with Gasteiger partial charge in [0.2, 0.25) is 5.91 Å². The number of anilines is 2. The van der Waals surface area contributed by atoms with Crippen molar-refractivity contribution in [3.8, 4) is 0 Å². The van der Waals surface area contributed by atoms with Crippen molar-refractivity contribution >= 4 is 17.4 Å². The number of hydrogen-bond donors (Lipinski definition) is 2. The van der Waals surface area contributed by atoms with Crippen molar-refractivity contribution in [3.63, 3.8) is 0 Å². The van der Waals surface area contributed by atoms with Crippen LogP contribution in [0.5, 0.6) is 0 Å². The second-order valence-corrected chi connectivity index (χ2v) is 4.93. The zero-order chi connectivity index (χ0) is 13.1. The monoisotopic (exact) mass is 248 g/mol. The normalized spacial score (nSPS) is 15.8. The summed E-state index contributed by atoms with van der Waals surface area (Å²) in [6.07, 6.45) is 6.31. The van der Waals surface area contributed by atoms with E-state index in [0.29, 0.717) is 11.7 Å². The summed E-state index contributed by atoms with van der Waals surface area (Å²) in [4.78, 5) is 17.6. The summed E-state index contributed by atoms with van der Waals surface area (Å²) >= 11 is 0. The number of carbonyl (C=O) groups is 1. The molecule has 0 saturated heterocycles. The Morgan fingerprint density at radius 2 is 2.17 bits per heavy atom. The molecule has 2 rings (SSSR count). The molecule has 0 atom stereocenters. The first-order valence-electron chi connectivity index (χ1n) is 6.35. The molecule has 0 unspecified atom stereocenters. The number of nitrogens with two attached hydrogens (primary N) is 2. The van der Waals surface area contributed by atoms with Crippen LogP contribution < -0.4 is 16.4 Å². The van der Waals surface area contributed by atoms with E-state index in [0.717, 1.165) is 24.2 Å². The van der Waals surface area contributed by atoms with Gasteiger partial charge in [0, 0.05) is 24.0 Å². The van der Waals surface area contributed by atoms with Gasteiger partial charge in [-0.1, -0.05) is 12.8 Å². The standard InChI is InChI=1S/C13H20N4O/c1-9-7-16-13(6-11(9)14)17(8-12(15)18)10-4-2-3-5-10/h6-7,10H,2-5,8H2,1H3,(H2,14,16)(H2,15,18). The molecule has 98 valence electrons. The summed E-state index contributed by atoms with van der Waals surface area (Å²) in [5.74, 6) is 0.423. The van der Waals surface area contributed by atoms with Crippen molar-refractivity contribution in [1.29, 1.82) is 0 Å². The summed E-state index contributed by atoms with van der Waals surface area (Å²) in [7, 11) is 0. The predicted molar refractivity (Wildman–Crippen MR) is 72.2 cm³/mol. The van der Waals surface area contributed by atoms with Gasteiger partial charge in [-0.05, 0) is 25.3 Å². The number of hydrogen-bond acceptors (Lipinski definition) is 4. The van der Waals surface area contributed by atoms with E-state index in [9.17, 15) is 4.79 Å². The van der Waals surface area contributed by atoms with E-state index in [1.54, 1.807) is 6.20 Å². The quantitative estimate of drug-likeness (QED) is 0.838. The average molecular weight is 248 g/mol. The summed E-state index contributed by atoms with van der Waals surface area (Å²) in [6, 6.07) is 2.18. The average Bonchev–Trinajstić information content (AvgIpc) is 2.83. The Kier molecular flexibility index (Phi) is 3.69. The van der Waals surface area contributed by atoms with Crippen molar-refractivity contribution < 1.29 is 4.79 Å². The van der Waals surface area contributed by atoms with Gasteiger partial charge in [-0.15, -0.1) is 0 Å². The fourth-order valence-electron chi connectivity index (χ4n) is 2.47. The van der Waals surface area contributed by atoms with Gasteiger partial charge in [0.05, 0.1) is 6.54 Å². The molecule has 5 nitrogen and oxygen atoms in total. The highest BCUT2D eigenvalue weighted by Gasteiger charge is 2.25. The first kappa shape index (κ1) is 12.7. The van der Waals surface area contributed by atoms with Crippen molar-refractivity contribution in [3.05, 3.63) is 17.8 Å². The molecule has 1 saturated carbocycles. The molecule has 4 N–H and O–H groups in total. The van der Waals surface area contributed by atoms with E-state index in [1.807, 2.05) is 17.9 Å². The van der Waals surface area contributed by atoms with E-state index < -0.39 is 0 Å². The Labute approximate surface area is 107 Å². The number of rotatable bonds is 4. The van der Waals surface area contributed by atoms with Gasteiger partial charge in [-0.2, -0.15) is 0 Å². The second-order valence-electron chi connectivity index (χ2n) is 4.93. The highest BCUT2D eigenvalue weighted by Crippen LogP contribution is 2.28. The van der Waals surface area contributed by atoms with E-state index in [4.69, 9.17) is 11.5 Å². The van der Waals surface area contributed by atoms with Crippen LogP contribution in [0.1, 0.15) is 31.2 Å². The number of aromatic nitrogens is 1. The molecule has 18 heavy (non-hydrogen) atoms. The van der Waals surface area contributed by atoms with Crippen molar-refractivity contribution in [2.45, 2.75) is 38.6 Å². The molecule has 1 aromatic rings. The first-order valence-corrected chi connectivity index (χ1v) is 6.35. The highest BCUT2D eigenvalue weighted by atomic mass is 16.1. The second kappa shape index (κ2) is 5.25. The molecule has 0 aromatic carbocycles. The summed E-state index contributed by atoms with van der Waals surface area (Å²) in [5, 5.41) is 0. The lowest BCUT2D eigenvalue weighted by atomic mass is 10.2. The largest absolute Gasteiger partial charge is 0.398 e. The number of nitrogen functional groups attached to an aromatic ring is 1. The van der Waals surface area contributed by atoms with Gasteiger partial charge in [-0.25, -0.2) is 4.98 Å². The maximum atomic E-state index is 11.2. The summed E-state index contributed by atoms with van der Waals surface area (Å²) in [5.41, 5.74) is 12.9. The molecule has 5 heteroatoms. The maximum Gasteiger partial charge on any atom is 0.237 e. The number of aryl methyl sites for hydroxylation is 1. The highest BCUT2D eigenvalue weighted by molar-refractivity contribution is 5.79. The minimum Gasteiger partial charge on any atom is -0.398 e. The van der Waals surface area contributed by atoms with E-state index >= 15 is 0 Å². The number of primary amides is 1. The molecule has 1 fully saturated rings. The topological polar surface area (TPSA) is 85.2 Å². The lowest BCUT2D eigenvalue weighted by Gasteiger charge is -2.29. The molecule has 0 spiro atoms. The molecule has 0 aliphatic heterocycles. The van der Waals surface area contributed by atoms with Gasteiger partial charge >= 0.3 is 0 Å². The minimum absolute atomic E-state index is 0.208. The Morgan fingerprint density at radius 3 is 2.72 bits per heavy atom. The van der Waals surface area contributed by atoms with E-state index in [2.05, 4.69) is 4.98 Å². The summed E-state index contributed by atoms with van der Waals surface area (Å²) < 4.78 is 0. The van der Waals surface area contributed by atoms with Crippen LogP contribution >= 0.6 is 0 Å². The number of amides is 1. The van der Waals surface area contributed by atoms with Gasteiger partial charge in [0.15, 0.2) is 0 Å². The third-order valence-electron chi connectivity index (χ3n) is 3.52. The predicted octanol–water partition coefficient (Wildman–Crippen LogP) is 1.21. The van der Waals surface area contributed by atoms with Crippen LogP contribution in [0.2, 0.25) is 0 Å². The van der Waals surface area contributed by atoms with Crippen LogP contribution in [0.15, 0.2) is 12.3 Å².